The molecule has 1 N–H and O–H groups in total. The van der Waals surface area contributed by atoms with Crippen molar-refractivity contribution < 1.29 is 24.2 Å². The van der Waals surface area contributed by atoms with Crippen LogP contribution in [0.3, 0.4) is 0 Å². The van der Waals surface area contributed by atoms with Gasteiger partial charge in [-0.15, -0.1) is 0 Å². The first-order valence-electron chi connectivity index (χ1n) is 6.79. The quantitative estimate of drug-likeness (QED) is 0.609. The van der Waals surface area contributed by atoms with Crippen molar-refractivity contribution >= 4 is 12.4 Å². The van der Waals surface area contributed by atoms with Crippen LogP contribution < -0.4 is 0 Å². The summed E-state index contributed by atoms with van der Waals surface area (Å²) in [5.41, 5.74) is -0.318. The summed E-state index contributed by atoms with van der Waals surface area (Å²) < 4.78 is 9.11. The second-order valence-electron chi connectivity index (χ2n) is 5.19. The third kappa shape index (κ3) is 9.75. The van der Waals surface area contributed by atoms with Crippen LogP contribution in [0.15, 0.2) is 0 Å². The van der Waals surface area contributed by atoms with Crippen molar-refractivity contribution in [3.8, 4) is 0 Å². The minimum absolute atomic E-state index is 0.255. The minimum Gasteiger partial charge on any atom is -0.468 e. The Bertz CT molecular complexity index is 275. The molecule has 20 heavy (non-hydrogen) atoms. The van der Waals surface area contributed by atoms with Gasteiger partial charge in [-0.1, -0.05) is 13.8 Å². The van der Waals surface area contributed by atoms with Gasteiger partial charge in [0.05, 0.1) is 13.2 Å². The van der Waals surface area contributed by atoms with Gasteiger partial charge in [0.15, 0.2) is 0 Å². The number of likely N-dealkylation sites (tertiary alicyclic amines) is 1. The summed E-state index contributed by atoms with van der Waals surface area (Å²) in [5, 5.41) is 9.16. The highest BCUT2D eigenvalue weighted by Crippen LogP contribution is 2.16. The summed E-state index contributed by atoms with van der Waals surface area (Å²) in [6, 6.07) is -0.255. The second kappa shape index (κ2) is 10.6. The molecule has 0 saturated carbocycles. The fourth-order valence-corrected chi connectivity index (χ4v) is 1.53. The number of aliphatic hydroxyl groups is 1. The zero-order valence-corrected chi connectivity index (χ0v) is 13.7. The summed E-state index contributed by atoms with van der Waals surface area (Å²) >= 11 is 0. The van der Waals surface area contributed by atoms with Crippen LogP contribution in [0.25, 0.3) is 0 Å². The lowest BCUT2D eigenvalue weighted by molar-refractivity contribution is -0.145. The standard InChI is InChI=1S/C7H13NO3.C5H10O2.C2H6/c1-8-4-5(9)3-6(8)7(10)11-2;1-5(2,3)7-4-6;1-2/h5-6,9H,3-4H2,1-2H3;4H,1-3H3;1-2H3. The zero-order valence-electron chi connectivity index (χ0n) is 13.7. The average molecular weight is 291 g/mol. The van der Waals surface area contributed by atoms with Crippen LogP contribution in [0, 0.1) is 0 Å². The lowest BCUT2D eigenvalue weighted by atomic mass is 10.2. The molecule has 0 aromatic carbocycles. The number of β-amino-alcohol motifs (C(OH)–C–C–N with tert-alkyl or cyclic N) is 1. The fourth-order valence-electron chi connectivity index (χ4n) is 1.53. The Morgan fingerprint density at radius 3 is 2.05 bits per heavy atom. The fraction of sp³-hybridized carbons (Fsp3) is 0.857. The maximum absolute atomic E-state index is 11.0. The Kier molecular flexibility index (Phi) is 11.2. The van der Waals surface area contributed by atoms with E-state index in [1.807, 2.05) is 34.6 Å². The predicted octanol–water partition coefficient (Wildman–Crippen LogP) is 1.21. The van der Waals surface area contributed by atoms with Crippen molar-refractivity contribution in [1.82, 2.24) is 4.90 Å². The Balaban J connectivity index is 0. The van der Waals surface area contributed by atoms with Gasteiger partial charge in [-0.05, 0) is 27.8 Å². The van der Waals surface area contributed by atoms with Crippen LogP contribution in [-0.2, 0) is 19.1 Å². The first-order chi connectivity index (χ1) is 9.21. The Morgan fingerprint density at radius 1 is 1.35 bits per heavy atom. The van der Waals surface area contributed by atoms with Gasteiger partial charge in [0, 0.05) is 13.0 Å². The number of aliphatic hydroxyl groups excluding tert-OH is 1. The van der Waals surface area contributed by atoms with Crippen molar-refractivity contribution in [2.24, 2.45) is 0 Å². The number of ether oxygens (including phenoxy) is 2. The Hall–Kier alpha value is -1.14. The smallest absolute Gasteiger partial charge is 0.323 e. The maximum Gasteiger partial charge on any atom is 0.323 e. The van der Waals surface area contributed by atoms with Crippen molar-refractivity contribution in [3.05, 3.63) is 0 Å². The van der Waals surface area contributed by atoms with E-state index in [9.17, 15) is 9.59 Å². The van der Waals surface area contributed by atoms with Gasteiger partial charge in [-0.25, -0.2) is 0 Å². The number of hydrogen-bond acceptors (Lipinski definition) is 6. The Morgan fingerprint density at radius 2 is 1.85 bits per heavy atom. The number of likely N-dealkylation sites (N-methyl/N-ethyl adjacent to an activating group) is 1. The topological polar surface area (TPSA) is 76.1 Å². The maximum atomic E-state index is 11.0. The van der Waals surface area contributed by atoms with Gasteiger partial charge in [-0.3, -0.25) is 14.5 Å². The molecule has 2 unspecified atom stereocenters. The lowest BCUT2D eigenvalue weighted by Crippen LogP contribution is -2.33. The molecule has 6 nitrogen and oxygen atoms in total. The molecule has 0 spiro atoms. The van der Waals surface area contributed by atoms with Crippen molar-refractivity contribution in [3.63, 3.8) is 0 Å². The number of hydrogen-bond donors (Lipinski definition) is 1. The highest BCUT2D eigenvalue weighted by atomic mass is 16.5. The van der Waals surface area contributed by atoms with Gasteiger partial charge in [0.2, 0.25) is 0 Å². The number of esters is 1. The van der Waals surface area contributed by atoms with Gasteiger partial charge in [0.1, 0.15) is 11.6 Å². The Labute approximate surface area is 122 Å². The molecule has 1 saturated heterocycles. The van der Waals surface area contributed by atoms with E-state index in [4.69, 9.17) is 5.11 Å². The molecule has 2 atom stereocenters. The monoisotopic (exact) mass is 291 g/mol. The van der Waals surface area contributed by atoms with E-state index in [1.54, 1.807) is 11.9 Å². The number of nitrogens with zero attached hydrogens (tertiary/aromatic N) is 1. The van der Waals surface area contributed by atoms with Crippen LogP contribution >= 0.6 is 0 Å². The minimum atomic E-state index is -0.385. The van der Waals surface area contributed by atoms with Crippen LogP contribution in [-0.4, -0.2) is 60.9 Å². The molecule has 1 fully saturated rings. The van der Waals surface area contributed by atoms with E-state index in [2.05, 4.69) is 9.47 Å². The summed E-state index contributed by atoms with van der Waals surface area (Å²) in [5.74, 6) is -0.260. The van der Waals surface area contributed by atoms with Crippen molar-refractivity contribution in [2.75, 3.05) is 20.7 Å². The molecule has 1 aliphatic heterocycles. The number of carbonyl (C=O) groups excluding carboxylic acids is 2. The van der Waals surface area contributed by atoms with Crippen LogP contribution in [0.2, 0.25) is 0 Å². The average Bonchev–Trinajstić information content (AvgIpc) is 2.69. The van der Waals surface area contributed by atoms with Crippen LogP contribution in [0.5, 0.6) is 0 Å². The summed E-state index contributed by atoms with van der Waals surface area (Å²) in [4.78, 5) is 22.4. The molecule has 0 aromatic rings. The molecule has 6 heteroatoms. The molecule has 0 radical (unpaired) electrons. The largest absolute Gasteiger partial charge is 0.468 e. The van der Waals surface area contributed by atoms with E-state index in [1.165, 1.54) is 7.11 Å². The first-order valence-corrected chi connectivity index (χ1v) is 6.79. The molecular weight excluding hydrogens is 262 g/mol. The molecule has 1 heterocycles. The molecule has 0 amide bonds. The number of carbonyl (C=O) groups is 2. The lowest BCUT2D eigenvalue weighted by Gasteiger charge is -2.15. The molecule has 1 aliphatic rings. The van der Waals surface area contributed by atoms with E-state index >= 15 is 0 Å². The normalized spacial score (nSPS) is 21.8. The summed E-state index contributed by atoms with van der Waals surface area (Å²) in [6.07, 6.45) is 0.104. The van der Waals surface area contributed by atoms with Gasteiger partial charge in [-0.2, -0.15) is 0 Å². The molecule has 1 rings (SSSR count). The number of rotatable bonds is 2. The van der Waals surface area contributed by atoms with Crippen LogP contribution in [0.1, 0.15) is 41.0 Å². The van der Waals surface area contributed by atoms with Gasteiger partial charge >= 0.3 is 5.97 Å². The third-order valence-corrected chi connectivity index (χ3v) is 2.40. The van der Waals surface area contributed by atoms with Gasteiger partial charge < -0.3 is 14.6 Å². The first kappa shape index (κ1) is 21.2. The zero-order chi connectivity index (χ0) is 16.3. The van der Waals surface area contributed by atoms with E-state index < -0.39 is 0 Å². The highest BCUT2D eigenvalue weighted by Gasteiger charge is 2.33. The second-order valence-corrected chi connectivity index (χ2v) is 5.19. The van der Waals surface area contributed by atoms with Crippen molar-refractivity contribution in [2.45, 2.75) is 58.8 Å². The summed E-state index contributed by atoms with van der Waals surface area (Å²) in [7, 11) is 3.17. The molecule has 0 aliphatic carbocycles. The van der Waals surface area contributed by atoms with Gasteiger partial charge in [0.25, 0.3) is 6.47 Å². The van der Waals surface area contributed by atoms with Crippen LogP contribution in [0.4, 0.5) is 0 Å². The highest BCUT2D eigenvalue weighted by molar-refractivity contribution is 5.76. The SMILES string of the molecule is CC.CC(C)(C)OC=O.COC(=O)C1CC(O)CN1C. The molecule has 0 bridgehead atoms. The summed E-state index contributed by atoms with van der Waals surface area (Å²) in [6.45, 7) is 10.5. The molecule has 0 aromatic heterocycles. The third-order valence-electron chi connectivity index (χ3n) is 2.40. The molecular formula is C14H29NO5. The van der Waals surface area contributed by atoms with E-state index in [0.717, 1.165) is 0 Å². The van der Waals surface area contributed by atoms with Crippen molar-refractivity contribution in [1.29, 1.82) is 0 Å². The van der Waals surface area contributed by atoms with E-state index in [0.29, 0.717) is 19.4 Å². The molecule has 120 valence electrons. The number of methoxy groups -OCH3 is 1. The predicted molar refractivity (Wildman–Crippen MR) is 77.3 cm³/mol. The van der Waals surface area contributed by atoms with E-state index in [-0.39, 0.29) is 23.7 Å².